The molecular formula is C16H24N2OS. The van der Waals surface area contributed by atoms with E-state index in [4.69, 9.17) is 5.73 Å². The lowest BCUT2D eigenvalue weighted by molar-refractivity contribution is -0.124. The fraction of sp³-hybridized carbons (Fsp3) is 0.562. The Bertz CT molecular complexity index is 433. The first-order chi connectivity index (χ1) is 9.60. The van der Waals surface area contributed by atoms with E-state index in [0.29, 0.717) is 6.04 Å². The molecule has 3 N–H and O–H groups in total. The molecule has 1 fully saturated rings. The number of primary amides is 1. The van der Waals surface area contributed by atoms with Gasteiger partial charge in [0, 0.05) is 10.9 Å². The molecule has 1 aliphatic carbocycles. The molecule has 1 aliphatic rings. The predicted molar refractivity (Wildman–Crippen MR) is 84.8 cm³/mol. The molecule has 0 bridgehead atoms. The van der Waals surface area contributed by atoms with Crippen LogP contribution in [0, 0.1) is 0 Å². The monoisotopic (exact) mass is 292 g/mol. The summed E-state index contributed by atoms with van der Waals surface area (Å²) >= 11 is 1.87. The topological polar surface area (TPSA) is 55.1 Å². The SMILES string of the molecule is CC(CCCCSc1ccccc1)(NC1CC1)C(N)=O. The third-order valence-corrected chi connectivity index (χ3v) is 4.83. The van der Waals surface area contributed by atoms with Crippen molar-refractivity contribution >= 4 is 17.7 Å². The molecule has 1 aromatic rings. The second-order valence-corrected chi connectivity index (χ2v) is 6.90. The van der Waals surface area contributed by atoms with E-state index in [1.54, 1.807) is 0 Å². The third kappa shape index (κ3) is 4.84. The number of carbonyl (C=O) groups is 1. The van der Waals surface area contributed by atoms with Crippen LogP contribution in [0.15, 0.2) is 35.2 Å². The maximum Gasteiger partial charge on any atom is 0.237 e. The molecule has 0 aliphatic heterocycles. The number of nitrogens with one attached hydrogen (secondary N) is 1. The van der Waals surface area contributed by atoms with Gasteiger partial charge in [0.25, 0.3) is 0 Å². The lowest BCUT2D eigenvalue weighted by Crippen LogP contribution is -2.53. The average Bonchev–Trinajstić information content (AvgIpc) is 3.23. The molecule has 1 amide bonds. The first-order valence-corrected chi connectivity index (χ1v) is 8.34. The molecule has 1 aromatic carbocycles. The molecule has 0 aromatic heterocycles. The van der Waals surface area contributed by atoms with Gasteiger partial charge in [-0.15, -0.1) is 11.8 Å². The maximum absolute atomic E-state index is 11.6. The minimum atomic E-state index is -0.529. The quantitative estimate of drug-likeness (QED) is 0.543. The fourth-order valence-electron chi connectivity index (χ4n) is 2.23. The zero-order valence-electron chi connectivity index (χ0n) is 12.1. The van der Waals surface area contributed by atoms with Gasteiger partial charge in [0.05, 0.1) is 5.54 Å². The molecule has 1 atom stereocenters. The maximum atomic E-state index is 11.6. The van der Waals surface area contributed by atoms with Gasteiger partial charge in [0.2, 0.25) is 5.91 Å². The summed E-state index contributed by atoms with van der Waals surface area (Å²) in [4.78, 5) is 12.9. The molecule has 0 spiro atoms. The number of hydrogen-bond acceptors (Lipinski definition) is 3. The summed E-state index contributed by atoms with van der Waals surface area (Å²) in [5.74, 6) is 0.863. The van der Waals surface area contributed by atoms with Crippen LogP contribution >= 0.6 is 11.8 Å². The number of unbranched alkanes of at least 4 members (excludes halogenated alkanes) is 1. The van der Waals surface area contributed by atoms with Crippen LogP contribution < -0.4 is 11.1 Å². The zero-order chi connectivity index (χ0) is 14.4. The molecule has 1 unspecified atom stereocenters. The van der Waals surface area contributed by atoms with Crippen molar-refractivity contribution in [1.82, 2.24) is 5.32 Å². The molecule has 110 valence electrons. The van der Waals surface area contributed by atoms with Gasteiger partial charge in [0.15, 0.2) is 0 Å². The van der Waals surface area contributed by atoms with Crippen LogP contribution in [0.2, 0.25) is 0 Å². The summed E-state index contributed by atoms with van der Waals surface area (Å²) in [6.45, 7) is 1.94. The molecular weight excluding hydrogens is 268 g/mol. The lowest BCUT2D eigenvalue weighted by Gasteiger charge is -2.27. The Kier molecular flexibility index (Phi) is 5.49. The number of amides is 1. The van der Waals surface area contributed by atoms with Crippen molar-refractivity contribution in [2.24, 2.45) is 5.73 Å². The zero-order valence-corrected chi connectivity index (χ0v) is 12.9. The van der Waals surface area contributed by atoms with E-state index < -0.39 is 5.54 Å². The van der Waals surface area contributed by atoms with Crippen molar-refractivity contribution in [2.45, 2.75) is 55.5 Å². The van der Waals surface area contributed by atoms with E-state index in [1.165, 1.54) is 17.7 Å². The highest BCUT2D eigenvalue weighted by Crippen LogP contribution is 2.26. The van der Waals surface area contributed by atoms with Crippen molar-refractivity contribution in [1.29, 1.82) is 0 Å². The smallest absolute Gasteiger partial charge is 0.237 e. The van der Waals surface area contributed by atoms with E-state index in [2.05, 4.69) is 29.6 Å². The van der Waals surface area contributed by atoms with Gasteiger partial charge in [-0.25, -0.2) is 0 Å². The number of nitrogens with two attached hydrogens (primary N) is 1. The average molecular weight is 292 g/mol. The first-order valence-electron chi connectivity index (χ1n) is 7.36. The van der Waals surface area contributed by atoms with Crippen LogP contribution in [0.4, 0.5) is 0 Å². The number of benzene rings is 1. The minimum absolute atomic E-state index is 0.222. The van der Waals surface area contributed by atoms with E-state index in [-0.39, 0.29) is 5.91 Å². The van der Waals surface area contributed by atoms with E-state index in [0.717, 1.165) is 25.0 Å². The normalized spacial score (nSPS) is 17.6. The molecule has 0 heterocycles. The van der Waals surface area contributed by atoms with E-state index in [9.17, 15) is 4.79 Å². The van der Waals surface area contributed by atoms with Crippen LogP contribution in [-0.4, -0.2) is 23.2 Å². The summed E-state index contributed by atoms with van der Waals surface area (Å²) in [5, 5.41) is 3.39. The Hall–Kier alpha value is -1.00. The lowest BCUT2D eigenvalue weighted by atomic mass is 9.94. The van der Waals surface area contributed by atoms with E-state index in [1.807, 2.05) is 24.8 Å². The Morgan fingerprint density at radius 3 is 2.65 bits per heavy atom. The van der Waals surface area contributed by atoms with Gasteiger partial charge in [-0.1, -0.05) is 24.6 Å². The largest absolute Gasteiger partial charge is 0.368 e. The van der Waals surface area contributed by atoms with Gasteiger partial charge in [-0.05, 0) is 50.5 Å². The summed E-state index contributed by atoms with van der Waals surface area (Å²) < 4.78 is 0. The Morgan fingerprint density at radius 2 is 2.05 bits per heavy atom. The van der Waals surface area contributed by atoms with Crippen molar-refractivity contribution in [3.63, 3.8) is 0 Å². The van der Waals surface area contributed by atoms with Crippen molar-refractivity contribution in [3.8, 4) is 0 Å². The van der Waals surface area contributed by atoms with Crippen molar-refractivity contribution in [2.75, 3.05) is 5.75 Å². The van der Waals surface area contributed by atoms with Crippen LogP contribution in [0.5, 0.6) is 0 Å². The Morgan fingerprint density at radius 1 is 1.35 bits per heavy atom. The molecule has 0 radical (unpaired) electrons. The highest BCUT2D eigenvalue weighted by molar-refractivity contribution is 7.99. The van der Waals surface area contributed by atoms with Crippen LogP contribution in [0.3, 0.4) is 0 Å². The molecule has 2 rings (SSSR count). The molecule has 4 heteroatoms. The third-order valence-electron chi connectivity index (χ3n) is 3.73. The summed E-state index contributed by atoms with van der Waals surface area (Å²) in [6.07, 6.45) is 5.31. The van der Waals surface area contributed by atoms with Gasteiger partial charge in [0.1, 0.15) is 0 Å². The summed E-state index contributed by atoms with van der Waals surface area (Å²) in [7, 11) is 0. The number of hydrogen-bond donors (Lipinski definition) is 2. The predicted octanol–water partition coefficient (Wildman–Crippen LogP) is 2.95. The molecule has 3 nitrogen and oxygen atoms in total. The van der Waals surface area contributed by atoms with E-state index >= 15 is 0 Å². The molecule has 0 saturated heterocycles. The van der Waals surface area contributed by atoms with Gasteiger partial charge in [-0.2, -0.15) is 0 Å². The van der Waals surface area contributed by atoms with Crippen LogP contribution in [-0.2, 0) is 4.79 Å². The second-order valence-electron chi connectivity index (χ2n) is 5.73. The van der Waals surface area contributed by atoms with Crippen LogP contribution in [0.1, 0.15) is 39.0 Å². The van der Waals surface area contributed by atoms with Crippen LogP contribution in [0.25, 0.3) is 0 Å². The highest BCUT2D eigenvalue weighted by atomic mass is 32.2. The Balaban J connectivity index is 1.67. The van der Waals surface area contributed by atoms with Gasteiger partial charge < -0.3 is 11.1 Å². The Labute approximate surface area is 125 Å². The standard InChI is InChI=1S/C16H24N2OS/c1-16(15(17)19,18-13-9-10-13)11-5-6-12-20-14-7-3-2-4-8-14/h2-4,7-8,13,18H,5-6,9-12H2,1H3,(H2,17,19). The summed E-state index contributed by atoms with van der Waals surface area (Å²) in [6, 6.07) is 10.9. The van der Waals surface area contributed by atoms with Crippen molar-refractivity contribution in [3.05, 3.63) is 30.3 Å². The summed E-state index contributed by atoms with van der Waals surface area (Å²) in [5.41, 5.74) is 5.02. The molecule has 20 heavy (non-hydrogen) atoms. The van der Waals surface area contributed by atoms with Gasteiger partial charge in [-0.3, -0.25) is 4.79 Å². The molecule has 1 saturated carbocycles. The second kappa shape index (κ2) is 7.14. The number of carbonyl (C=O) groups excluding carboxylic acids is 1. The highest BCUT2D eigenvalue weighted by Gasteiger charge is 2.36. The minimum Gasteiger partial charge on any atom is -0.368 e. The fourth-order valence-corrected chi connectivity index (χ4v) is 3.17. The van der Waals surface area contributed by atoms with Gasteiger partial charge >= 0.3 is 0 Å². The number of thioether (sulfide) groups is 1. The first kappa shape index (κ1) is 15.4. The van der Waals surface area contributed by atoms with Crippen molar-refractivity contribution < 1.29 is 4.79 Å². The number of rotatable bonds is 9.